The number of likely N-dealkylation sites (tertiary alicyclic amines) is 1. The number of rotatable bonds is 6. The van der Waals surface area contributed by atoms with Crippen molar-refractivity contribution in [3.63, 3.8) is 0 Å². The molecule has 0 radical (unpaired) electrons. The molecule has 0 N–H and O–H groups in total. The number of fused-ring (bicyclic) bond motifs is 1. The van der Waals surface area contributed by atoms with Crippen molar-refractivity contribution >= 4 is 24.1 Å². The lowest BCUT2D eigenvalue weighted by Gasteiger charge is -2.56. The van der Waals surface area contributed by atoms with Crippen molar-refractivity contribution in [3.05, 3.63) is 76.6 Å². The number of piperidine rings is 1. The van der Waals surface area contributed by atoms with Gasteiger partial charge in [-0.25, -0.2) is 4.79 Å². The number of likely N-dealkylation sites (N-methyl/N-ethyl adjacent to an activating group) is 1. The number of hydrogen-bond donors (Lipinski definition) is 0. The first kappa shape index (κ1) is 24.0. The maximum atomic E-state index is 13.1. The molecule has 36 heavy (non-hydrogen) atoms. The van der Waals surface area contributed by atoms with E-state index in [0.717, 1.165) is 29.5 Å². The van der Waals surface area contributed by atoms with Crippen LogP contribution in [0.2, 0.25) is 0 Å². The van der Waals surface area contributed by atoms with Crippen LogP contribution in [0.25, 0.3) is 6.08 Å². The zero-order valence-electron chi connectivity index (χ0n) is 20.7. The maximum absolute atomic E-state index is 13.1. The molecule has 0 aromatic heterocycles. The van der Waals surface area contributed by atoms with Crippen LogP contribution in [0.15, 0.2) is 54.3 Å². The van der Waals surface area contributed by atoms with E-state index in [1.807, 2.05) is 36.4 Å². The van der Waals surface area contributed by atoms with Gasteiger partial charge in [0, 0.05) is 41.0 Å². The van der Waals surface area contributed by atoms with Gasteiger partial charge in [-0.2, -0.15) is 0 Å². The highest BCUT2D eigenvalue weighted by molar-refractivity contribution is 5.97. The van der Waals surface area contributed by atoms with Gasteiger partial charge in [0.15, 0.2) is 23.0 Å². The standard InChI is InChI=1S/C29H29NO6/c1-30-12-11-29-16-23(32)24(34-2)15-21(29)22(30)14-20-19(17-31)13-25(35-3)28(27(20)29)36-26(33)10-9-18-7-5-4-6-8-18/h4-10,13,15,17,21-22H,11-12,14,16H2,1-3H3/b10-9+/t21-,22+,29-/m1/s1. The van der Waals surface area contributed by atoms with Crippen molar-refractivity contribution in [2.45, 2.75) is 30.7 Å². The number of ether oxygens (including phenoxy) is 3. The molecule has 1 aliphatic heterocycles. The number of allylic oxidation sites excluding steroid dienone is 1. The largest absolute Gasteiger partial charge is 0.493 e. The van der Waals surface area contributed by atoms with Gasteiger partial charge >= 0.3 is 5.97 Å². The van der Waals surface area contributed by atoms with E-state index in [-0.39, 0.29) is 29.9 Å². The molecule has 1 fully saturated rings. The Bertz CT molecular complexity index is 1280. The molecule has 2 bridgehead atoms. The van der Waals surface area contributed by atoms with E-state index in [1.54, 1.807) is 12.1 Å². The van der Waals surface area contributed by atoms with Crippen LogP contribution in [-0.2, 0) is 26.2 Å². The van der Waals surface area contributed by atoms with Crippen molar-refractivity contribution in [2.24, 2.45) is 5.92 Å². The predicted molar refractivity (Wildman–Crippen MR) is 134 cm³/mol. The second-order valence-corrected chi connectivity index (χ2v) is 9.65. The molecule has 5 rings (SSSR count). The molecule has 0 spiro atoms. The fourth-order valence-corrected chi connectivity index (χ4v) is 6.18. The third-order valence-corrected chi connectivity index (χ3v) is 7.89. The van der Waals surface area contributed by atoms with Crippen LogP contribution in [0.1, 0.15) is 39.9 Å². The molecule has 3 atom stereocenters. The van der Waals surface area contributed by atoms with Gasteiger partial charge in [0.25, 0.3) is 0 Å². The molecule has 1 heterocycles. The zero-order valence-corrected chi connectivity index (χ0v) is 20.7. The van der Waals surface area contributed by atoms with Crippen LogP contribution in [0.3, 0.4) is 0 Å². The number of carbonyl (C=O) groups excluding carboxylic acids is 3. The lowest BCUT2D eigenvalue weighted by molar-refractivity contribution is -0.129. The van der Waals surface area contributed by atoms with E-state index in [0.29, 0.717) is 29.9 Å². The second kappa shape index (κ2) is 9.39. The zero-order chi connectivity index (χ0) is 25.4. The number of benzene rings is 2. The summed E-state index contributed by atoms with van der Waals surface area (Å²) in [5.74, 6) is 0.258. The molecular formula is C29H29NO6. The van der Waals surface area contributed by atoms with Gasteiger partial charge < -0.3 is 19.1 Å². The smallest absolute Gasteiger partial charge is 0.336 e. The highest BCUT2D eigenvalue weighted by Gasteiger charge is 2.57. The molecule has 186 valence electrons. The average molecular weight is 488 g/mol. The molecular weight excluding hydrogens is 458 g/mol. The minimum absolute atomic E-state index is 0.0414. The van der Waals surface area contributed by atoms with E-state index in [1.165, 1.54) is 20.3 Å². The van der Waals surface area contributed by atoms with Crippen molar-refractivity contribution in [2.75, 3.05) is 27.8 Å². The Hall–Kier alpha value is -3.71. The van der Waals surface area contributed by atoms with Gasteiger partial charge in [-0.05, 0) is 55.8 Å². The van der Waals surface area contributed by atoms with Crippen LogP contribution in [0, 0.1) is 5.92 Å². The Morgan fingerprint density at radius 3 is 2.64 bits per heavy atom. The molecule has 7 heteroatoms. The Morgan fingerprint density at radius 1 is 1.17 bits per heavy atom. The number of esters is 1. The Balaban J connectivity index is 1.66. The third kappa shape index (κ3) is 3.84. The Morgan fingerprint density at radius 2 is 1.94 bits per heavy atom. The van der Waals surface area contributed by atoms with E-state index in [4.69, 9.17) is 14.2 Å². The van der Waals surface area contributed by atoms with Gasteiger partial charge in [-0.1, -0.05) is 30.3 Å². The molecule has 3 aliphatic rings. The summed E-state index contributed by atoms with van der Waals surface area (Å²) >= 11 is 0. The topological polar surface area (TPSA) is 82.1 Å². The van der Waals surface area contributed by atoms with Crippen LogP contribution in [0.5, 0.6) is 11.5 Å². The fraction of sp³-hybridized carbons (Fsp3) is 0.345. The first-order chi connectivity index (χ1) is 17.4. The van der Waals surface area contributed by atoms with Crippen molar-refractivity contribution in [1.82, 2.24) is 4.90 Å². The minimum Gasteiger partial charge on any atom is -0.493 e. The highest BCUT2D eigenvalue weighted by atomic mass is 16.6. The number of ketones is 1. The molecule has 0 saturated carbocycles. The summed E-state index contributed by atoms with van der Waals surface area (Å²) in [6, 6.07) is 11.2. The Labute approximate surface area is 210 Å². The van der Waals surface area contributed by atoms with Crippen LogP contribution in [0.4, 0.5) is 0 Å². The monoisotopic (exact) mass is 487 g/mol. The number of carbonyl (C=O) groups is 3. The van der Waals surface area contributed by atoms with E-state index in [9.17, 15) is 14.4 Å². The summed E-state index contributed by atoms with van der Waals surface area (Å²) in [6.07, 6.45) is 7.27. The summed E-state index contributed by atoms with van der Waals surface area (Å²) in [7, 11) is 5.06. The lowest BCUT2D eigenvalue weighted by Crippen LogP contribution is -2.60. The summed E-state index contributed by atoms with van der Waals surface area (Å²) in [5, 5.41) is 0. The van der Waals surface area contributed by atoms with Crippen LogP contribution < -0.4 is 9.47 Å². The normalized spacial score (nSPS) is 25.0. The molecule has 1 saturated heterocycles. The number of aldehydes is 1. The first-order valence-electron chi connectivity index (χ1n) is 12.1. The minimum atomic E-state index is -0.630. The molecule has 7 nitrogen and oxygen atoms in total. The summed E-state index contributed by atoms with van der Waals surface area (Å²) in [6.45, 7) is 0.777. The van der Waals surface area contributed by atoms with Crippen LogP contribution >= 0.6 is 0 Å². The summed E-state index contributed by atoms with van der Waals surface area (Å²) in [5.41, 5.74) is 2.28. The van der Waals surface area contributed by atoms with Crippen LogP contribution in [-0.4, -0.2) is 56.8 Å². The summed E-state index contributed by atoms with van der Waals surface area (Å²) in [4.78, 5) is 40.6. The number of methoxy groups -OCH3 is 2. The van der Waals surface area contributed by atoms with E-state index >= 15 is 0 Å². The van der Waals surface area contributed by atoms with Gasteiger partial charge in [0.05, 0.1) is 14.2 Å². The molecule has 2 aliphatic carbocycles. The lowest BCUT2D eigenvalue weighted by atomic mass is 9.53. The Kier molecular flexibility index (Phi) is 6.26. The van der Waals surface area contributed by atoms with Gasteiger partial charge in [0.1, 0.15) is 6.29 Å². The van der Waals surface area contributed by atoms with Crippen molar-refractivity contribution < 1.29 is 28.6 Å². The van der Waals surface area contributed by atoms with Gasteiger partial charge in [-0.15, -0.1) is 0 Å². The first-order valence-corrected chi connectivity index (χ1v) is 12.1. The molecule has 2 aromatic carbocycles. The fourth-order valence-electron chi connectivity index (χ4n) is 6.18. The second-order valence-electron chi connectivity index (χ2n) is 9.65. The maximum Gasteiger partial charge on any atom is 0.336 e. The summed E-state index contributed by atoms with van der Waals surface area (Å²) < 4.78 is 17.0. The predicted octanol–water partition coefficient (Wildman–Crippen LogP) is 3.74. The molecule has 0 amide bonds. The average Bonchev–Trinajstić information content (AvgIpc) is 2.89. The van der Waals surface area contributed by atoms with E-state index in [2.05, 4.69) is 11.9 Å². The van der Waals surface area contributed by atoms with Crippen molar-refractivity contribution in [1.29, 1.82) is 0 Å². The molecule has 2 aromatic rings. The van der Waals surface area contributed by atoms with E-state index < -0.39 is 11.4 Å². The SMILES string of the molecule is COC1=C[C@@H]2[C@@H]3Cc4c(C=O)cc(OC)c(OC(=O)/C=C/c5ccccc5)c4[C@]2(CCN3C)CC1=O. The van der Waals surface area contributed by atoms with Gasteiger partial charge in [-0.3, -0.25) is 9.59 Å². The highest BCUT2D eigenvalue weighted by Crippen LogP contribution is 2.58. The quantitative estimate of drug-likeness (QED) is 0.266. The van der Waals surface area contributed by atoms with Crippen molar-refractivity contribution in [3.8, 4) is 11.5 Å². The van der Waals surface area contributed by atoms with Gasteiger partial charge in [0.2, 0.25) is 0 Å². The molecule has 0 unspecified atom stereocenters. The third-order valence-electron chi connectivity index (χ3n) is 7.89. The number of hydrogen-bond acceptors (Lipinski definition) is 7. The number of nitrogens with zero attached hydrogens (tertiary/aromatic N) is 1. The number of Topliss-reactive ketones (excluding diaryl/α,β-unsaturated/α-hetero) is 1.